The molecule has 1 aromatic carbocycles. The number of likely N-dealkylation sites (tertiary alicyclic amines) is 1. The second-order valence-corrected chi connectivity index (χ2v) is 10.7. The summed E-state index contributed by atoms with van der Waals surface area (Å²) in [5.74, 6) is 1.24. The van der Waals surface area contributed by atoms with Crippen molar-refractivity contribution >= 4 is 17.7 Å². The third-order valence-electron chi connectivity index (χ3n) is 7.90. The van der Waals surface area contributed by atoms with E-state index in [1.54, 1.807) is 17.3 Å². The maximum atomic E-state index is 12.5. The fourth-order valence-corrected chi connectivity index (χ4v) is 6.49. The predicted octanol–water partition coefficient (Wildman–Crippen LogP) is 4.87. The number of rotatable bonds is 7. The van der Waals surface area contributed by atoms with Gasteiger partial charge in [-0.2, -0.15) is 11.8 Å². The molecular weight excluding hydrogens is 416 g/mol. The van der Waals surface area contributed by atoms with Crippen LogP contribution in [0.25, 0.3) is 0 Å². The number of hydrogen-bond donors (Lipinski definition) is 1. The lowest BCUT2D eigenvalue weighted by atomic mass is 9.71. The number of fused-ring (bicyclic) bond motifs is 2. The van der Waals surface area contributed by atoms with Crippen LogP contribution >= 0.6 is 11.8 Å². The number of carbonyl (C=O) groups is 1. The van der Waals surface area contributed by atoms with Gasteiger partial charge in [0.15, 0.2) is 0 Å². The Labute approximate surface area is 197 Å². The SMILES string of the molecule is C=C(C)[C@@H]1CC=C(CN2CCC3(CC2)c2ccccc2[C@@H](NC(=O)CSC)[C@@H]3OC)CC1. The average molecular weight is 455 g/mol. The Balaban J connectivity index is 1.47. The summed E-state index contributed by atoms with van der Waals surface area (Å²) in [7, 11) is 1.81. The summed E-state index contributed by atoms with van der Waals surface area (Å²) in [5, 5.41) is 3.28. The number of methoxy groups -OCH3 is 1. The van der Waals surface area contributed by atoms with Crippen LogP contribution < -0.4 is 5.32 Å². The molecule has 1 aliphatic heterocycles. The normalized spacial score (nSPS) is 27.1. The van der Waals surface area contributed by atoms with Gasteiger partial charge in [-0.1, -0.05) is 48.1 Å². The van der Waals surface area contributed by atoms with Crippen molar-refractivity contribution in [3.63, 3.8) is 0 Å². The minimum atomic E-state index is -0.0671. The zero-order valence-corrected chi connectivity index (χ0v) is 20.7. The molecule has 1 amide bonds. The van der Waals surface area contributed by atoms with E-state index in [1.807, 2.05) is 13.4 Å². The lowest BCUT2D eigenvalue weighted by molar-refractivity contribution is -0.120. The van der Waals surface area contributed by atoms with Crippen LogP contribution in [0.4, 0.5) is 0 Å². The molecule has 1 fully saturated rings. The highest BCUT2D eigenvalue weighted by atomic mass is 32.2. The van der Waals surface area contributed by atoms with Gasteiger partial charge in [0.2, 0.25) is 5.91 Å². The number of carbonyl (C=O) groups excluding carboxylic acids is 1. The van der Waals surface area contributed by atoms with Crippen LogP contribution in [0.3, 0.4) is 0 Å². The first-order valence-electron chi connectivity index (χ1n) is 11.9. The number of amides is 1. The first-order valence-corrected chi connectivity index (χ1v) is 13.3. The van der Waals surface area contributed by atoms with E-state index in [2.05, 4.69) is 54.1 Å². The molecule has 1 aromatic rings. The van der Waals surface area contributed by atoms with Gasteiger partial charge in [-0.3, -0.25) is 9.69 Å². The third kappa shape index (κ3) is 4.57. The second-order valence-electron chi connectivity index (χ2n) is 9.83. The smallest absolute Gasteiger partial charge is 0.230 e. The quantitative estimate of drug-likeness (QED) is 0.597. The van der Waals surface area contributed by atoms with Crippen LogP contribution in [-0.2, 0) is 14.9 Å². The Morgan fingerprint density at radius 1 is 1.31 bits per heavy atom. The van der Waals surface area contributed by atoms with E-state index in [0.717, 1.165) is 38.9 Å². The molecule has 3 aliphatic rings. The average Bonchev–Trinajstić information content (AvgIpc) is 3.04. The largest absolute Gasteiger partial charge is 0.378 e. The highest BCUT2D eigenvalue weighted by Gasteiger charge is 2.53. The fourth-order valence-electron chi connectivity index (χ4n) is 6.15. The van der Waals surface area contributed by atoms with Crippen LogP contribution in [0.15, 0.2) is 48.1 Å². The minimum absolute atomic E-state index is 0.0157. The monoisotopic (exact) mass is 454 g/mol. The third-order valence-corrected chi connectivity index (χ3v) is 8.45. The molecule has 4 nitrogen and oxygen atoms in total. The van der Waals surface area contributed by atoms with Gasteiger partial charge < -0.3 is 10.1 Å². The summed E-state index contributed by atoms with van der Waals surface area (Å²) >= 11 is 1.56. The van der Waals surface area contributed by atoms with Crippen molar-refractivity contribution in [2.24, 2.45) is 5.92 Å². The summed E-state index contributed by atoms with van der Waals surface area (Å²) in [4.78, 5) is 15.1. The molecule has 32 heavy (non-hydrogen) atoms. The number of hydrogen-bond acceptors (Lipinski definition) is 4. The Kier molecular flexibility index (Phi) is 7.48. The van der Waals surface area contributed by atoms with Crippen LogP contribution in [-0.4, -0.2) is 55.7 Å². The van der Waals surface area contributed by atoms with E-state index in [0.29, 0.717) is 11.7 Å². The standard InChI is InChI=1S/C27H38N2O2S/c1-19(2)21-11-9-20(10-12-21)17-29-15-13-27(14-16-29)23-8-6-5-7-22(23)25(26(27)31-3)28-24(30)18-32-4/h5-9,21,25-26H,1,10-18H2,2-4H3,(H,28,30)/t21-,25-,26+/m1/s1. The van der Waals surface area contributed by atoms with Gasteiger partial charge in [-0.15, -0.1) is 0 Å². The van der Waals surface area contributed by atoms with Gasteiger partial charge in [0.1, 0.15) is 0 Å². The topological polar surface area (TPSA) is 41.6 Å². The maximum absolute atomic E-state index is 12.5. The second kappa shape index (κ2) is 10.1. The van der Waals surface area contributed by atoms with Crippen molar-refractivity contribution < 1.29 is 9.53 Å². The summed E-state index contributed by atoms with van der Waals surface area (Å²) in [6.07, 6.45) is 10.2. The Morgan fingerprint density at radius 2 is 2.06 bits per heavy atom. The van der Waals surface area contributed by atoms with Gasteiger partial charge >= 0.3 is 0 Å². The van der Waals surface area contributed by atoms with Crippen molar-refractivity contribution in [3.8, 4) is 0 Å². The highest BCUT2D eigenvalue weighted by molar-refractivity contribution is 7.99. The zero-order valence-electron chi connectivity index (χ0n) is 19.9. The number of thioether (sulfide) groups is 1. The molecule has 3 atom stereocenters. The minimum Gasteiger partial charge on any atom is -0.378 e. The summed E-state index contributed by atoms with van der Waals surface area (Å²) in [6, 6.07) is 8.59. The number of piperidine rings is 1. The van der Waals surface area contributed by atoms with Crippen molar-refractivity contribution in [3.05, 3.63) is 59.2 Å². The first-order chi connectivity index (χ1) is 15.5. The summed E-state index contributed by atoms with van der Waals surface area (Å²) in [6.45, 7) is 9.54. The number of ether oxygens (including phenoxy) is 1. The fraction of sp³-hybridized carbons (Fsp3) is 0.593. The van der Waals surface area contributed by atoms with Gasteiger partial charge in [0.05, 0.1) is 17.9 Å². The summed E-state index contributed by atoms with van der Waals surface area (Å²) in [5.41, 5.74) is 5.51. The van der Waals surface area contributed by atoms with Crippen LogP contribution in [0, 0.1) is 5.92 Å². The molecule has 1 heterocycles. The lowest BCUT2D eigenvalue weighted by Crippen LogP contribution is -2.51. The number of allylic oxidation sites excluding steroid dienone is 2. The molecular formula is C27H38N2O2S. The van der Waals surface area contributed by atoms with E-state index >= 15 is 0 Å². The zero-order chi connectivity index (χ0) is 22.7. The van der Waals surface area contributed by atoms with Crippen LogP contribution in [0.5, 0.6) is 0 Å². The maximum Gasteiger partial charge on any atom is 0.230 e. The van der Waals surface area contributed by atoms with Crippen molar-refractivity contribution in [1.29, 1.82) is 0 Å². The molecule has 174 valence electrons. The number of nitrogens with one attached hydrogen (secondary N) is 1. The summed E-state index contributed by atoms with van der Waals surface area (Å²) < 4.78 is 6.14. The molecule has 0 aromatic heterocycles. The van der Waals surface area contributed by atoms with E-state index in [9.17, 15) is 4.79 Å². The molecule has 1 spiro atoms. The molecule has 0 unspecified atom stereocenters. The van der Waals surface area contributed by atoms with E-state index < -0.39 is 0 Å². The molecule has 1 N–H and O–H groups in total. The number of nitrogens with zero attached hydrogens (tertiary/aromatic N) is 1. The Hall–Kier alpha value is -1.56. The van der Waals surface area contributed by atoms with Gasteiger partial charge in [-0.05, 0) is 75.4 Å². The van der Waals surface area contributed by atoms with E-state index in [4.69, 9.17) is 4.74 Å². The molecule has 1 saturated heterocycles. The van der Waals surface area contributed by atoms with E-state index in [1.165, 1.54) is 29.5 Å². The van der Waals surface area contributed by atoms with Crippen molar-refractivity contribution in [2.45, 2.75) is 56.6 Å². The van der Waals surface area contributed by atoms with Crippen molar-refractivity contribution in [1.82, 2.24) is 10.2 Å². The highest BCUT2D eigenvalue weighted by Crippen LogP contribution is 2.52. The van der Waals surface area contributed by atoms with Gasteiger partial charge in [0.25, 0.3) is 0 Å². The van der Waals surface area contributed by atoms with Gasteiger partial charge in [0, 0.05) is 19.1 Å². The van der Waals surface area contributed by atoms with Crippen LogP contribution in [0.1, 0.15) is 56.2 Å². The Bertz CT molecular complexity index is 872. The van der Waals surface area contributed by atoms with Crippen molar-refractivity contribution in [2.75, 3.05) is 38.8 Å². The Morgan fingerprint density at radius 3 is 2.69 bits per heavy atom. The molecule has 0 bridgehead atoms. The lowest BCUT2D eigenvalue weighted by Gasteiger charge is -2.44. The van der Waals surface area contributed by atoms with E-state index in [-0.39, 0.29) is 23.5 Å². The molecule has 0 radical (unpaired) electrons. The molecule has 0 saturated carbocycles. The van der Waals surface area contributed by atoms with Gasteiger partial charge in [-0.25, -0.2) is 0 Å². The number of benzene rings is 1. The molecule has 2 aliphatic carbocycles. The van der Waals surface area contributed by atoms with Crippen LogP contribution in [0.2, 0.25) is 0 Å². The molecule has 4 rings (SSSR count). The molecule has 5 heteroatoms. The predicted molar refractivity (Wildman–Crippen MR) is 134 cm³/mol. The first kappa shape index (κ1) is 23.6.